The number of esters is 1. The molecule has 0 atom stereocenters. The van der Waals surface area contributed by atoms with Gasteiger partial charge in [0.2, 0.25) is 0 Å². The highest BCUT2D eigenvalue weighted by molar-refractivity contribution is 6.04. The van der Waals surface area contributed by atoms with Gasteiger partial charge in [0.05, 0.1) is 12.7 Å². The molecular formula is C31H32F3N5O4. The van der Waals surface area contributed by atoms with E-state index in [-0.39, 0.29) is 30.0 Å². The van der Waals surface area contributed by atoms with Gasteiger partial charge in [-0.1, -0.05) is 12.1 Å². The predicted octanol–water partition coefficient (Wildman–Crippen LogP) is 5.26. The first-order valence-electron chi connectivity index (χ1n) is 13.7. The zero-order chi connectivity index (χ0) is 30.7. The van der Waals surface area contributed by atoms with Gasteiger partial charge >= 0.3 is 12.1 Å². The monoisotopic (exact) mass is 595 g/mol. The van der Waals surface area contributed by atoms with Crippen LogP contribution in [0.3, 0.4) is 0 Å². The molecule has 1 amide bonds. The number of rotatable bonds is 8. The Morgan fingerprint density at radius 1 is 1.05 bits per heavy atom. The van der Waals surface area contributed by atoms with Crippen LogP contribution in [0.1, 0.15) is 43.1 Å². The molecular weight excluding hydrogens is 563 g/mol. The lowest BCUT2D eigenvalue weighted by molar-refractivity contribution is -0.138. The SMILES string of the molecule is COC(=O)c1cc2cc(COc3cc(NC(=O)c4ccc(CN5CCN(C)CC5)c(C(F)(F)F)c4)ccc3C)cnc2[nH]1. The van der Waals surface area contributed by atoms with Gasteiger partial charge in [-0.15, -0.1) is 0 Å². The van der Waals surface area contributed by atoms with Crippen molar-refractivity contribution in [3.63, 3.8) is 0 Å². The zero-order valence-electron chi connectivity index (χ0n) is 24.0. The molecule has 2 aromatic heterocycles. The van der Waals surface area contributed by atoms with E-state index in [0.29, 0.717) is 35.6 Å². The second-order valence-electron chi connectivity index (χ2n) is 10.6. The van der Waals surface area contributed by atoms with Gasteiger partial charge in [-0.25, -0.2) is 9.78 Å². The van der Waals surface area contributed by atoms with E-state index in [9.17, 15) is 22.8 Å². The number of piperazine rings is 1. The summed E-state index contributed by atoms with van der Waals surface area (Å²) in [5.74, 6) is -0.669. The average molecular weight is 596 g/mol. The largest absolute Gasteiger partial charge is 0.488 e. The first kappa shape index (κ1) is 30.1. The predicted molar refractivity (Wildman–Crippen MR) is 155 cm³/mol. The number of aryl methyl sites for hydroxylation is 1. The van der Waals surface area contributed by atoms with Crippen molar-refractivity contribution >= 4 is 28.6 Å². The molecule has 9 nitrogen and oxygen atoms in total. The molecule has 0 spiro atoms. The summed E-state index contributed by atoms with van der Waals surface area (Å²) in [5.41, 5.74) is 1.99. The number of alkyl halides is 3. The number of fused-ring (bicyclic) bond motifs is 1. The topological polar surface area (TPSA) is 99.8 Å². The van der Waals surface area contributed by atoms with Crippen LogP contribution in [0.25, 0.3) is 11.0 Å². The molecule has 2 aromatic carbocycles. The van der Waals surface area contributed by atoms with Crippen LogP contribution in [-0.4, -0.2) is 72.0 Å². The summed E-state index contributed by atoms with van der Waals surface area (Å²) in [6.07, 6.45) is -2.98. The Hall–Kier alpha value is -4.42. The third-order valence-electron chi connectivity index (χ3n) is 7.44. The Labute approximate surface area is 246 Å². The molecule has 12 heteroatoms. The number of carbonyl (C=O) groups excluding carboxylic acids is 2. The number of carbonyl (C=O) groups is 2. The molecule has 0 radical (unpaired) electrons. The normalized spacial score (nSPS) is 14.6. The Morgan fingerprint density at radius 3 is 2.53 bits per heavy atom. The van der Waals surface area contributed by atoms with E-state index in [0.717, 1.165) is 30.3 Å². The number of nitrogens with one attached hydrogen (secondary N) is 2. The van der Waals surface area contributed by atoms with Crippen LogP contribution in [-0.2, 0) is 24.1 Å². The molecule has 43 heavy (non-hydrogen) atoms. The number of halogens is 3. The first-order chi connectivity index (χ1) is 20.5. The number of anilines is 1. The number of nitrogens with zero attached hydrogens (tertiary/aromatic N) is 3. The van der Waals surface area contributed by atoms with E-state index in [1.165, 1.54) is 19.2 Å². The number of benzene rings is 2. The Bertz CT molecular complexity index is 1640. The summed E-state index contributed by atoms with van der Waals surface area (Å²) in [4.78, 5) is 36.2. The number of aromatic amines is 1. The van der Waals surface area contributed by atoms with Gasteiger partial charge in [0.1, 0.15) is 23.7 Å². The number of methoxy groups -OCH3 is 1. The second-order valence-corrected chi connectivity index (χ2v) is 10.6. The number of hydrogen-bond donors (Lipinski definition) is 2. The Balaban J connectivity index is 1.27. The standard InChI is InChI=1S/C31H32F3N5O4/c1-19-4-7-24(15-27(19)43-18-20-12-23-14-26(30(41)42-3)37-28(23)35-16-20)36-29(40)21-5-6-22(25(13-21)31(32,33)34)17-39-10-8-38(2)9-11-39/h4-7,12-16H,8-11,17-18H2,1-3H3,(H,35,37)(H,36,40). The summed E-state index contributed by atoms with van der Waals surface area (Å²) in [5, 5.41) is 3.40. The molecule has 0 aliphatic carbocycles. The second kappa shape index (κ2) is 12.4. The molecule has 1 aliphatic rings. The van der Waals surface area contributed by atoms with Gasteiger partial charge in [0, 0.05) is 67.2 Å². The summed E-state index contributed by atoms with van der Waals surface area (Å²) in [7, 11) is 3.28. The molecule has 1 saturated heterocycles. The molecule has 0 unspecified atom stereocenters. The molecule has 3 heterocycles. The van der Waals surface area contributed by atoms with Gasteiger partial charge < -0.3 is 24.7 Å². The summed E-state index contributed by atoms with van der Waals surface area (Å²) < 4.78 is 52.7. The van der Waals surface area contributed by atoms with Gasteiger partial charge in [-0.3, -0.25) is 9.69 Å². The van der Waals surface area contributed by atoms with E-state index in [4.69, 9.17) is 9.47 Å². The third-order valence-corrected chi connectivity index (χ3v) is 7.44. The molecule has 1 fully saturated rings. The van der Waals surface area contributed by atoms with Gasteiger partial charge in [0.15, 0.2) is 0 Å². The fraction of sp³-hybridized carbons (Fsp3) is 0.323. The number of likely N-dealkylation sites (N-methyl/N-ethyl adjacent to an activating group) is 1. The minimum atomic E-state index is -4.60. The summed E-state index contributed by atoms with van der Waals surface area (Å²) in [6.45, 7) is 5.11. The van der Waals surface area contributed by atoms with Gasteiger partial charge in [-0.05, 0) is 55.4 Å². The van der Waals surface area contributed by atoms with Crippen molar-refractivity contribution in [3.05, 3.63) is 88.2 Å². The quantitative estimate of drug-likeness (QED) is 0.268. The number of hydrogen-bond acceptors (Lipinski definition) is 7. The number of pyridine rings is 1. The molecule has 0 bridgehead atoms. The van der Waals surface area contributed by atoms with Gasteiger partial charge in [0.25, 0.3) is 5.91 Å². The van der Waals surface area contributed by atoms with Crippen molar-refractivity contribution < 1.29 is 32.2 Å². The number of amides is 1. The zero-order valence-corrected chi connectivity index (χ0v) is 24.0. The minimum Gasteiger partial charge on any atom is -0.488 e. The highest BCUT2D eigenvalue weighted by atomic mass is 19.4. The number of ether oxygens (including phenoxy) is 2. The smallest absolute Gasteiger partial charge is 0.416 e. The lowest BCUT2D eigenvalue weighted by Crippen LogP contribution is -2.44. The van der Waals surface area contributed by atoms with Crippen LogP contribution in [0.2, 0.25) is 0 Å². The van der Waals surface area contributed by atoms with Crippen molar-refractivity contribution in [3.8, 4) is 5.75 Å². The Kier molecular flexibility index (Phi) is 8.69. The molecule has 226 valence electrons. The van der Waals surface area contributed by atoms with E-state index in [1.54, 1.807) is 30.5 Å². The molecule has 1 aliphatic heterocycles. The lowest BCUT2D eigenvalue weighted by atomic mass is 10.0. The van der Waals surface area contributed by atoms with Crippen molar-refractivity contribution in [2.24, 2.45) is 0 Å². The maximum Gasteiger partial charge on any atom is 0.416 e. The van der Waals surface area contributed by atoms with Crippen LogP contribution in [0.4, 0.5) is 18.9 Å². The first-order valence-corrected chi connectivity index (χ1v) is 13.7. The van der Waals surface area contributed by atoms with Crippen LogP contribution < -0.4 is 10.1 Å². The van der Waals surface area contributed by atoms with E-state index < -0.39 is 23.6 Å². The molecule has 4 aromatic rings. The maximum atomic E-state index is 14.0. The van der Waals surface area contributed by atoms with Crippen molar-refractivity contribution in [1.82, 2.24) is 19.8 Å². The molecule has 5 rings (SSSR count). The van der Waals surface area contributed by atoms with Crippen molar-refractivity contribution in [2.75, 3.05) is 45.7 Å². The fourth-order valence-electron chi connectivity index (χ4n) is 4.92. The molecule has 2 N–H and O–H groups in total. The van der Waals surface area contributed by atoms with Crippen LogP contribution in [0.5, 0.6) is 5.75 Å². The van der Waals surface area contributed by atoms with E-state index in [2.05, 4.69) is 20.2 Å². The van der Waals surface area contributed by atoms with E-state index >= 15 is 0 Å². The Morgan fingerprint density at radius 2 is 1.81 bits per heavy atom. The van der Waals surface area contributed by atoms with Crippen molar-refractivity contribution in [1.29, 1.82) is 0 Å². The highest BCUT2D eigenvalue weighted by Crippen LogP contribution is 2.34. The third kappa shape index (κ3) is 7.15. The minimum absolute atomic E-state index is 0.0882. The average Bonchev–Trinajstić information content (AvgIpc) is 3.41. The molecule has 0 saturated carbocycles. The van der Waals surface area contributed by atoms with Crippen molar-refractivity contribution in [2.45, 2.75) is 26.3 Å². The van der Waals surface area contributed by atoms with E-state index in [1.807, 2.05) is 24.9 Å². The maximum absolute atomic E-state index is 14.0. The summed E-state index contributed by atoms with van der Waals surface area (Å²) in [6, 6.07) is 12.2. The number of H-pyrrole nitrogens is 1. The van der Waals surface area contributed by atoms with Crippen LogP contribution in [0.15, 0.2) is 54.7 Å². The fourth-order valence-corrected chi connectivity index (χ4v) is 4.92. The highest BCUT2D eigenvalue weighted by Gasteiger charge is 2.34. The van der Waals surface area contributed by atoms with Gasteiger partial charge in [-0.2, -0.15) is 13.2 Å². The van der Waals surface area contributed by atoms with Crippen LogP contribution in [0, 0.1) is 6.92 Å². The lowest BCUT2D eigenvalue weighted by Gasteiger charge is -2.33. The summed E-state index contributed by atoms with van der Waals surface area (Å²) >= 11 is 0. The van der Waals surface area contributed by atoms with Crippen LogP contribution >= 0.6 is 0 Å². The number of aromatic nitrogens is 2.